The number of carbonyl (C=O) groups excluding carboxylic acids is 2. The standard InChI is InChI=1S/C29H27Cl3N2O4/c30-23-16-19(17-24(31)26(23)32)28(36)34-13-11-29(12-14-34)18-20(10-15-37-29)33-27(35)22-8-4-5-9-25(22)38-21-6-2-1-3-7-21/h1-9,16-17,20H,10-15,18H2,(H,33,35). The van der Waals surface area contributed by atoms with E-state index >= 15 is 0 Å². The largest absolute Gasteiger partial charge is 0.457 e. The Balaban J connectivity index is 1.21. The predicted molar refractivity (Wildman–Crippen MR) is 149 cm³/mol. The third-order valence-electron chi connectivity index (χ3n) is 7.12. The smallest absolute Gasteiger partial charge is 0.255 e. The van der Waals surface area contributed by atoms with Crippen LogP contribution < -0.4 is 10.1 Å². The number of ether oxygens (including phenoxy) is 2. The fraction of sp³-hybridized carbons (Fsp3) is 0.310. The Morgan fingerprint density at radius 1 is 0.947 bits per heavy atom. The normalized spacial score (nSPS) is 18.7. The Labute approximate surface area is 236 Å². The molecular formula is C29H27Cl3N2O4. The minimum atomic E-state index is -0.387. The number of benzene rings is 3. The van der Waals surface area contributed by atoms with Crippen LogP contribution in [0.25, 0.3) is 0 Å². The van der Waals surface area contributed by atoms with Crippen LogP contribution in [-0.4, -0.2) is 48.1 Å². The third-order valence-corrected chi connectivity index (χ3v) is 8.32. The zero-order valence-corrected chi connectivity index (χ0v) is 22.9. The zero-order chi connectivity index (χ0) is 26.7. The molecule has 1 unspecified atom stereocenters. The van der Waals surface area contributed by atoms with E-state index in [1.807, 2.05) is 42.5 Å². The van der Waals surface area contributed by atoms with Crippen molar-refractivity contribution in [2.75, 3.05) is 19.7 Å². The molecule has 2 fully saturated rings. The van der Waals surface area contributed by atoms with Crippen molar-refractivity contribution >= 4 is 46.6 Å². The molecule has 0 radical (unpaired) electrons. The molecule has 9 heteroatoms. The van der Waals surface area contributed by atoms with E-state index in [9.17, 15) is 9.59 Å². The van der Waals surface area contributed by atoms with Gasteiger partial charge >= 0.3 is 0 Å². The first-order valence-electron chi connectivity index (χ1n) is 12.5. The van der Waals surface area contributed by atoms with Crippen LogP contribution in [0.2, 0.25) is 15.1 Å². The second kappa shape index (κ2) is 11.5. The summed E-state index contributed by atoms with van der Waals surface area (Å²) in [7, 11) is 0. The number of halogens is 3. The topological polar surface area (TPSA) is 67.9 Å². The minimum Gasteiger partial charge on any atom is -0.457 e. The average molecular weight is 574 g/mol. The first kappa shape index (κ1) is 26.8. The number of carbonyl (C=O) groups is 2. The van der Waals surface area contributed by atoms with Gasteiger partial charge < -0.3 is 19.7 Å². The highest BCUT2D eigenvalue weighted by Gasteiger charge is 2.42. The van der Waals surface area contributed by atoms with Gasteiger partial charge in [-0.2, -0.15) is 0 Å². The molecule has 2 heterocycles. The molecule has 3 aromatic rings. The summed E-state index contributed by atoms with van der Waals surface area (Å²) in [6.45, 7) is 1.61. The quantitative estimate of drug-likeness (QED) is 0.333. The lowest BCUT2D eigenvalue weighted by molar-refractivity contribution is -0.114. The van der Waals surface area contributed by atoms with Gasteiger partial charge in [-0.25, -0.2) is 0 Å². The van der Waals surface area contributed by atoms with Crippen molar-refractivity contribution in [3.05, 3.63) is 92.9 Å². The van der Waals surface area contributed by atoms with Crippen LogP contribution in [0.3, 0.4) is 0 Å². The van der Waals surface area contributed by atoms with Crippen molar-refractivity contribution < 1.29 is 19.1 Å². The summed E-state index contributed by atoms with van der Waals surface area (Å²) in [5.41, 5.74) is 0.506. The Morgan fingerprint density at radius 2 is 1.61 bits per heavy atom. The average Bonchev–Trinajstić information content (AvgIpc) is 2.92. The summed E-state index contributed by atoms with van der Waals surface area (Å²) in [5, 5.41) is 3.93. The Morgan fingerprint density at radius 3 is 2.32 bits per heavy atom. The van der Waals surface area contributed by atoms with Crippen LogP contribution in [0.5, 0.6) is 11.5 Å². The molecule has 2 aliphatic heterocycles. The number of piperidine rings is 1. The molecule has 6 nitrogen and oxygen atoms in total. The van der Waals surface area contributed by atoms with Gasteiger partial charge in [0.05, 0.1) is 26.2 Å². The van der Waals surface area contributed by atoms with Crippen LogP contribution in [-0.2, 0) is 4.74 Å². The highest BCUT2D eigenvalue weighted by molar-refractivity contribution is 6.48. The lowest BCUT2D eigenvalue weighted by Gasteiger charge is -2.46. The molecule has 0 aromatic heterocycles. The van der Waals surface area contributed by atoms with Gasteiger partial charge in [-0.1, -0.05) is 65.1 Å². The predicted octanol–water partition coefficient (Wildman–Crippen LogP) is 7.02. The van der Waals surface area contributed by atoms with Crippen LogP contribution in [0.15, 0.2) is 66.7 Å². The summed E-state index contributed by atoms with van der Waals surface area (Å²) >= 11 is 18.3. The number of nitrogens with zero attached hydrogens (tertiary/aromatic N) is 1. The SMILES string of the molecule is O=C(NC1CCOC2(CCN(C(=O)c3cc(Cl)c(Cl)c(Cl)c3)CC2)C1)c1ccccc1Oc1ccccc1. The van der Waals surface area contributed by atoms with Gasteiger partial charge in [0.1, 0.15) is 11.5 Å². The van der Waals surface area contributed by atoms with E-state index < -0.39 is 0 Å². The van der Waals surface area contributed by atoms with Gasteiger partial charge in [0, 0.05) is 31.3 Å². The number of likely N-dealkylation sites (tertiary alicyclic amines) is 1. The number of rotatable bonds is 5. The summed E-state index contributed by atoms with van der Waals surface area (Å²) < 4.78 is 12.2. The van der Waals surface area contributed by atoms with E-state index in [0.717, 1.165) is 6.42 Å². The monoisotopic (exact) mass is 572 g/mol. The van der Waals surface area contributed by atoms with E-state index in [2.05, 4.69) is 5.32 Å². The minimum absolute atomic E-state index is 0.0443. The number of hydrogen-bond donors (Lipinski definition) is 1. The summed E-state index contributed by atoms with van der Waals surface area (Å²) in [6, 6.07) is 19.7. The summed E-state index contributed by atoms with van der Waals surface area (Å²) in [5.74, 6) is 0.855. The van der Waals surface area contributed by atoms with E-state index in [1.165, 1.54) is 0 Å². The molecular weight excluding hydrogens is 547 g/mol. The van der Waals surface area contributed by atoms with Gasteiger partial charge in [0.25, 0.3) is 11.8 Å². The fourth-order valence-corrected chi connectivity index (χ4v) is 5.70. The molecule has 2 amide bonds. The molecule has 2 aliphatic rings. The molecule has 2 saturated heterocycles. The maximum atomic E-state index is 13.3. The van der Waals surface area contributed by atoms with Crippen molar-refractivity contribution in [2.24, 2.45) is 0 Å². The number of nitrogens with one attached hydrogen (secondary N) is 1. The van der Waals surface area contributed by atoms with Crippen molar-refractivity contribution in [1.29, 1.82) is 0 Å². The third kappa shape index (κ3) is 5.94. The Kier molecular flexibility index (Phi) is 8.15. The number of para-hydroxylation sites is 2. The Hall–Kier alpha value is -2.77. The van der Waals surface area contributed by atoms with Crippen molar-refractivity contribution in [3.63, 3.8) is 0 Å². The maximum absolute atomic E-state index is 13.3. The molecule has 0 aliphatic carbocycles. The first-order chi connectivity index (χ1) is 18.3. The molecule has 198 valence electrons. The molecule has 1 spiro atoms. The van der Waals surface area contributed by atoms with Gasteiger partial charge in [0.15, 0.2) is 0 Å². The number of hydrogen-bond acceptors (Lipinski definition) is 4. The second-order valence-electron chi connectivity index (χ2n) is 9.65. The molecule has 38 heavy (non-hydrogen) atoms. The number of amides is 2. The lowest BCUT2D eigenvalue weighted by Crippen LogP contribution is -2.54. The first-order valence-corrected chi connectivity index (χ1v) is 13.7. The summed E-state index contributed by atoms with van der Waals surface area (Å²) in [6.07, 6.45) is 2.75. The molecule has 3 aromatic carbocycles. The van der Waals surface area contributed by atoms with Crippen molar-refractivity contribution in [3.8, 4) is 11.5 Å². The molecule has 1 N–H and O–H groups in total. The van der Waals surface area contributed by atoms with E-state index in [1.54, 1.807) is 29.2 Å². The van der Waals surface area contributed by atoms with E-state index in [0.29, 0.717) is 61.6 Å². The zero-order valence-electron chi connectivity index (χ0n) is 20.6. The van der Waals surface area contributed by atoms with Gasteiger partial charge in [-0.15, -0.1) is 0 Å². The molecule has 5 rings (SSSR count). The van der Waals surface area contributed by atoms with Crippen molar-refractivity contribution in [1.82, 2.24) is 10.2 Å². The van der Waals surface area contributed by atoms with Crippen molar-refractivity contribution in [2.45, 2.75) is 37.3 Å². The Bertz CT molecular complexity index is 1300. The fourth-order valence-electron chi connectivity index (χ4n) is 5.10. The maximum Gasteiger partial charge on any atom is 0.255 e. The van der Waals surface area contributed by atoms with Gasteiger partial charge in [-0.05, 0) is 62.1 Å². The molecule has 1 atom stereocenters. The summed E-state index contributed by atoms with van der Waals surface area (Å²) in [4.78, 5) is 28.1. The van der Waals surface area contributed by atoms with Crippen LogP contribution in [0.4, 0.5) is 0 Å². The molecule has 0 saturated carbocycles. The van der Waals surface area contributed by atoms with E-state index in [-0.39, 0.29) is 38.5 Å². The van der Waals surface area contributed by atoms with Crippen LogP contribution >= 0.6 is 34.8 Å². The van der Waals surface area contributed by atoms with Crippen LogP contribution in [0.1, 0.15) is 46.4 Å². The highest BCUT2D eigenvalue weighted by Crippen LogP contribution is 2.37. The molecule has 0 bridgehead atoms. The second-order valence-corrected chi connectivity index (χ2v) is 10.8. The van der Waals surface area contributed by atoms with Gasteiger partial charge in [-0.3, -0.25) is 9.59 Å². The van der Waals surface area contributed by atoms with Gasteiger partial charge in [0.2, 0.25) is 0 Å². The van der Waals surface area contributed by atoms with Crippen LogP contribution in [0, 0.1) is 0 Å². The highest BCUT2D eigenvalue weighted by atomic mass is 35.5. The van der Waals surface area contributed by atoms with E-state index in [4.69, 9.17) is 44.3 Å². The lowest BCUT2D eigenvalue weighted by atomic mass is 9.82.